The molecule has 2 heterocycles. The summed E-state index contributed by atoms with van der Waals surface area (Å²) in [5.74, 6) is 0.466. The lowest BCUT2D eigenvalue weighted by Gasteiger charge is -2.39. The van der Waals surface area contributed by atoms with E-state index >= 15 is 0 Å². The van der Waals surface area contributed by atoms with Crippen molar-refractivity contribution in [2.24, 2.45) is 10.8 Å². The molecule has 126 valence electrons. The second-order valence-corrected chi connectivity index (χ2v) is 7.88. The van der Waals surface area contributed by atoms with Crippen LogP contribution in [0.4, 0.5) is 11.5 Å². The Labute approximate surface area is 136 Å². The molecule has 1 saturated carbocycles. The van der Waals surface area contributed by atoms with Gasteiger partial charge >= 0.3 is 5.69 Å². The van der Waals surface area contributed by atoms with E-state index in [-0.39, 0.29) is 28.4 Å². The van der Waals surface area contributed by atoms with Crippen LogP contribution in [0.1, 0.15) is 47.0 Å². The average Bonchev–Trinajstić information content (AvgIpc) is 2.67. The molecule has 0 aromatic carbocycles. The zero-order valence-electron chi connectivity index (χ0n) is 14.2. The summed E-state index contributed by atoms with van der Waals surface area (Å²) in [5, 5.41) is 11.6. The van der Waals surface area contributed by atoms with Crippen molar-refractivity contribution in [3.05, 3.63) is 16.4 Å². The van der Waals surface area contributed by atoms with E-state index < -0.39 is 4.92 Å². The summed E-state index contributed by atoms with van der Waals surface area (Å²) in [7, 11) is 0. The highest BCUT2D eigenvalue weighted by molar-refractivity contribution is 5.64. The minimum Gasteiger partial charge on any atom is -0.473 e. The van der Waals surface area contributed by atoms with Crippen molar-refractivity contribution >= 4 is 11.5 Å². The maximum Gasteiger partial charge on any atom is 0.372 e. The summed E-state index contributed by atoms with van der Waals surface area (Å²) in [4.78, 5) is 21.5. The van der Waals surface area contributed by atoms with Crippen LogP contribution in [0.2, 0.25) is 0 Å². The zero-order valence-corrected chi connectivity index (χ0v) is 14.2. The van der Waals surface area contributed by atoms with Crippen molar-refractivity contribution in [2.75, 3.05) is 18.1 Å². The van der Waals surface area contributed by atoms with E-state index in [1.54, 1.807) is 6.92 Å². The SMILES string of the molecule is CCOc1ncnc(N2CC3(C)CC2CC(C)(C)C3)c1[N+](=O)[O-]. The van der Waals surface area contributed by atoms with Crippen molar-refractivity contribution < 1.29 is 9.66 Å². The minimum atomic E-state index is -0.421. The Hall–Kier alpha value is -1.92. The Kier molecular flexibility index (Phi) is 3.69. The van der Waals surface area contributed by atoms with Gasteiger partial charge in [-0.15, -0.1) is 0 Å². The monoisotopic (exact) mass is 320 g/mol. The van der Waals surface area contributed by atoms with Crippen LogP contribution >= 0.6 is 0 Å². The number of ether oxygens (including phenoxy) is 1. The highest BCUT2D eigenvalue weighted by atomic mass is 16.6. The van der Waals surface area contributed by atoms with E-state index in [2.05, 4.69) is 35.6 Å². The molecule has 7 heteroatoms. The van der Waals surface area contributed by atoms with Gasteiger partial charge in [-0.2, -0.15) is 4.98 Å². The molecule has 23 heavy (non-hydrogen) atoms. The lowest BCUT2D eigenvalue weighted by Crippen LogP contribution is -2.35. The summed E-state index contributed by atoms with van der Waals surface area (Å²) in [5.41, 5.74) is 0.317. The largest absolute Gasteiger partial charge is 0.473 e. The van der Waals surface area contributed by atoms with Gasteiger partial charge in [0.15, 0.2) is 0 Å². The number of nitrogens with zero attached hydrogens (tertiary/aromatic N) is 4. The minimum absolute atomic E-state index is 0.0633. The molecule has 2 unspecified atom stereocenters. The summed E-state index contributed by atoms with van der Waals surface area (Å²) >= 11 is 0. The van der Waals surface area contributed by atoms with E-state index in [4.69, 9.17) is 4.74 Å². The van der Waals surface area contributed by atoms with Crippen molar-refractivity contribution in [3.8, 4) is 5.88 Å². The highest BCUT2D eigenvalue weighted by Gasteiger charge is 2.51. The van der Waals surface area contributed by atoms with Gasteiger partial charge in [0.2, 0.25) is 5.82 Å². The fourth-order valence-electron chi connectivity index (χ4n) is 4.67. The van der Waals surface area contributed by atoms with Crippen LogP contribution in [0.15, 0.2) is 6.33 Å². The molecule has 1 aromatic rings. The van der Waals surface area contributed by atoms with Gasteiger partial charge in [0.25, 0.3) is 5.88 Å². The predicted octanol–water partition coefficient (Wildman–Crippen LogP) is 3.19. The lowest BCUT2D eigenvalue weighted by atomic mass is 9.65. The first-order valence-corrected chi connectivity index (χ1v) is 8.13. The Morgan fingerprint density at radius 3 is 2.78 bits per heavy atom. The van der Waals surface area contributed by atoms with Gasteiger partial charge in [0, 0.05) is 12.6 Å². The Bertz CT molecular complexity index is 634. The molecule has 1 aliphatic carbocycles. The first-order valence-electron chi connectivity index (χ1n) is 8.13. The normalized spacial score (nSPS) is 28.7. The van der Waals surface area contributed by atoms with E-state index in [9.17, 15) is 10.1 Å². The Balaban J connectivity index is 2.03. The molecule has 2 aliphatic rings. The van der Waals surface area contributed by atoms with Crippen LogP contribution in [0.3, 0.4) is 0 Å². The average molecular weight is 320 g/mol. The number of fused-ring (bicyclic) bond motifs is 2. The molecule has 2 fully saturated rings. The summed E-state index contributed by atoms with van der Waals surface area (Å²) in [6.07, 6.45) is 4.57. The van der Waals surface area contributed by atoms with E-state index in [0.717, 1.165) is 25.8 Å². The molecule has 0 spiro atoms. The Morgan fingerprint density at radius 1 is 1.39 bits per heavy atom. The zero-order chi connectivity index (χ0) is 16.8. The fraction of sp³-hybridized carbons (Fsp3) is 0.750. The second kappa shape index (κ2) is 5.32. The van der Waals surface area contributed by atoms with Gasteiger partial charge in [-0.3, -0.25) is 10.1 Å². The van der Waals surface area contributed by atoms with Crippen LogP contribution < -0.4 is 9.64 Å². The van der Waals surface area contributed by atoms with E-state index in [1.807, 2.05) is 0 Å². The summed E-state index contributed by atoms with van der Waals surface area (Å²) < 4.78 is 5.36. The molecular weight excluding hydrogens is 296 g/mol. The van der Waals surface area contributed by atoms with Gasteiger partial charge in [0.05, 0.1) is 11.5 Å². The number of hydrogen-bond donors (Lipinski definition) is 0. The van der Waals surface area contributed by atoms with Gasteiger partial charge in [0.1, 0.15) is 6.33 Å². The van der Waals surface area contributed by atoms with Crippen LogP contribution in [-0.2, 0) is 0 Å². The van der Waals surface area contributed by atoms with Crippen LogP contribution in [0.5, 0.6) is 5.88 Å². The summed E-state index contributed by atoms with van der Waals surface area (Å²) in [6, 6.07) is 0.284. The third-order valence-corrected chi connectivity index (χ3v) is 4.92. The third-order valence-electron chi connectivity index (χ3n) is 4.92. The highest BCUT2D eigenvalue weighted by Crippen LogP contribution is 2.54. The van der Waals surface area contributed by atoms with Crippen molar-refractivity contribution in [3.63, 3.8) is 0 Å². The van der Waals surface area contributed by atoms with Gasteiger partial charge in [-0.05, 0) is 37.0 Å². The molecular formula is C16H24N4O3. The molecule has 0 N–H and O–H groups in total. The standard InChI is InChI=1S/C16H24N4O3/c1-5-23-14-12(20(21)22)13(17-10-18-14)19-9-16(4)7-11(19)6-15(2,3)8-16/h10-11H,5-9H2,1-4H3. The molecule has 1 saturated heterocycles. The molecule has 1 aliphatic heterocycles. The van der Waals surface area contributed by atoms with Gasteiger partial charge in [-0.1, -0.05) is 20.8 Å². The summed E-state index contributed by atoms with van der Waals surface area (Å²) in [6.45, 7) is 9.76. The lowest BCUT2D eigenvalue weighted by molar-refractivity contribution is -0.385. The molecule has 3 rings (SSSR count). The molecule has 7 nitrogen and oxygen atoms in total. The van der Waals surface area contributed by atoms with Crippen molar-refractivity contribution in [1.82, 2.24) is 9.97 Å². The first kappa shape index (κ1) is 16.0. The second-order valence-electron chi connectivity index (χ2n) is 7.88. The molecule has 2 atom stereocenters. The van der Waals surface area contributed by atoms with Gasteiger partial charge < -0.3 is 9.64 Å². The fourth-order valence-corrected chi connectivity index (χ4v) is 4.67. The van der Waals surface area contributed by atoms with Crippen molar-refractivity contribution in [1.29, 1.82) is 0 Å². The topological polar surface area (TPSA) is 81.4 Å². The third kappa shape index (κ3) is 2.84. The van der Waals surface area contributed by atoms with Crippen LogP contribution in [0.25, 0.3) is 0 Å². The smallest absolute Gasteiger partial charge is 0.372 e. The number of aromatic nitrogens is 2. The number of hydrogen-bond acceptors (Lipinski definition) is 6. The predicted molar refractivity (Wildman–Crippen MR) is 86.7 cm³/mol. The molecule has 1 aromatic heterocycles. The quantitative estimate of drug-likeness (QED) is 0.626. The number of nitro groups is 1. The maximum atomic E-state index is 11.6. The Morgan fingerprint density at radius 2 is 2.13 bits per heavy atom. The maximum absolute atomic E-state index is 11.6. The first-order chi connectivity index (χ1) is 10.7. The van der Waals surface area contributed by atoms with Crippen molar-refractivity contribution in [2.45, 2.75) is 53.0 Å². The van der Waals surface area contributed by atoms with Crippen LogP contribution in [0, 0.1) is 20.9 Å². The van der Waals surface area contributed by atoms with Crippen LogP contribution in [-0.4, -0.2) is 34.1 Å². The number of rotatable bonds is 4. The van der Waals surface area contributed by atoms with E-state index in [0.29, 0.717) is 12.4 Å². The van der Waals surface area contributed by atoms with E-state index in [1.165, 1.54) is 6.33 Å². The molecule has 0 amide bonds. The molecule has 2 bridgehead atoms. The van der Waals surface area contributed by atoms with Gasteiger partial charge in [-0.25, -0.2) is 4.98 Å². The molecule has 0 radical (unpaired) electrons. The number of anilines is 1.